The number of aliphatic hydroxyl groups is 1. The topological polar surface area (TPSA) is 42.4 Å². The second kappa shape index (κ2) is 4.82. The summed E-state index contributed by atoms with van der Waals surface area (Å²) in [6.45, 7) is 4.76. The Balaban J connectivity index is 2.01. The number of hydrogen-bond acceptors (Lipinski definition) is 4. The van der Waals surface area contributed by atoms with E-state index < -0.39 is 5.60 Å². The van der Waals surface area contributed by atoms with Gasteiger partial charge in [-0.15, -0.1) is 11.3 Å². The van der Waals surface area contributed by atoms with Gasteiger partial charge in [-0.1, -0.05) is 6.92 Å². The predicted molar refractivity (Wildman–Crippen MR) is 64.8 cm³/mol. The Labute approximate surface area is 100 Å². The Bertz CT molecular complexity index is 353. The summed E-state index contributed by atoms with van der Waals surface area (Å²) in [4.78, 5) is 4.42. The minimum Gasteiger partial charge on any atom is -0.389 e. The third-order valence-corrected chi connectivity index (χ3v) is 4.10. The minimum atomic E-state index is -0.608. The number of thiazole rings is 1. The van der Waals surface area contributed by atoms with Gasteiger partial charge in [-0.05, 0) is 13.3 Å². The molecule has 1 aliphatic rings. The first-order valence-electron chi connectivity index (χ1n) is 5.86. The molecule has 0 saturated carbocycles. The van der Waals surface area contributed by atoms with E-state index >= 15 is 0 Å². The molecule has 0 aromatic carbocycles. The van der Waals surface area contributed by atoms with Crippen LogP contribution < -0.4 is 0 Å². The number of hydrogen-bond donors (Lipinski definition) is 1. The van der Waals surface area contributed by atoms with Crippen LogP contribution in [0, 0.1) is 6.92 Å². The van der Waals surface area contributed by atoms with Crippen LogP contribution in [0.15, 0.2) is 5.38 Å². The van der Waals surface area contributed by atoms with Crippen molar-refractivity contribution in [1.82, 2.24) is 4.98 Å². The average Bonchev–Trinajstić information content (AvgIpc) is 2.63. The van der Waals surface area contributed by atoms with E-state index in [1.165, 1.54) is 0 Å². The summed E-state index contributed by atoms with van der Waals surface area (Å²) in [5, 5.41) is 13.6. The van der Waals surface area contributed by atoms with E-state index in [1.54, 1.807) is 11.3 Å². The maximum Gasteiger partial charge on any atom is 0.0956 e. The number of ether oxygens (including phenoxy) is 1. The van der Waals surface area contributed by atoms with Crippen LogP contribution in [0.3, 0.4) is 0 Å². The van der Waals surface area contributed by atoms with Gasteiger partial charge in [0.1, 0.15) is 0 Å². The lowest BCUT2D eigenvalue weighted by molar-refractivity contribution is -0.103. The lowest BCUT2D eigenvalue weighted by Crippen LogP contribution is -2.42. The largest absolute Gasteiger partial charge is 0.389 e. The molecule has 3 nitrogen and oxygen atoms in total. The van der Waals surface area contributed by atoms with Crippen LogP contribution in [-0.2, 0) is 11.2 Å². The zero-order valence-electron chi connectivity index (χ0n) is 9.90. The molecule has 16 heavy (non-hydrogen) atoms. The lowest BCUT2D eigenvalue weighted by Gasteiger charge is -2.36. The third-order valence-electron chi connectivity index (χ3n) is 3.13. The van der Waals surface area contributed by atoms with Crippen LogP contribution >= 0.6 is 11.3 Å². The molecule has 2 heterocycles. The quantitative estimate of drug-likeness (QED) is 0.883. The number of aromatic nitrogens is 1. The van der Waals surface area contributed by atoms with Gasteiger partial charge in [-0.2, -0.15) is 0 Å². The molecule has 90 valence electrons. The van der Waals surface area contributed by atoms with Gasteiger partial charge in [0.25, 0.3) is 0 Å². The smallest absolute Gasteiger partial charge is 0.0956 e. The Hall–Kier alpha value is -0.450. The monoisotopic (exact) mass is 241 g/mol. The molecule has 1 aromatic rings. The second-order valence-electron chi connectivity index (χ2n) is 4.64. The molecule has 1 aliphatic heterocycles. The lowest BCUT2D eigenvalue weighted by atomic mass is 9.87. The zero-order valence-corrected chi connectivity index (χ0v) is 10.7. The molecular formula is C12H19NO2S. The van der Waals surface area contributed by atoms with Gasteiger partial charge < -0.3 is 9.84 Å². The van der Waals surface area contributed by atoms with Crippen LogP contribution in [0.25, 0.3) is 0 Å². The fourth-order valence-electron chi connectivity index (χ4n) is 2.19. The van der Waals surface area contributed by atoms with Crippen LogP contribution in [0.1, 0.15) is 36.9 Å². The highest BCUT2D eigenvalue weighted by Gasteiger charge is 2.35. The molecule has 0 radical (unpaired) electrons. The Morgan fingerprint density at radius 2 is 2.50 bits per heavy atom. The Morgan fingerprint density at radius 1 is 1.69 bits per heavy atom. The van der Waals surface area contributed by atoms with Gasteiger partial charge in [-0.25, -0.2) is 4.98 Å². The highest BCUT2D eigenvalue weighted by atomic mass is 32.1. The molecule has 2 rings (SSSR count). The van der Waals surface area contributed by atoms with E-state index in [9.17, 15) is 5.11 Å². The predicted octanol–water partition coefficient (Wildman–Crippen LogP) is 2.31. The van der Waals surface area contributed by atoms with Crippen molar-refractivity contribution in [1.29, 1.82) is 0 Å². The maximum absolute atomic E-state index is 10.5. The molecule has 4 heteroatoms. The summed E-state index contributed by atoms with van der Waals surface area (Å²) < 4.78 is 5.59. The standard InChI is InChI=1S/C12H19NO2S/c1-3-10-6-12(14,4-5-15-10)7-11-13-9(2)8-16-11/h8,10,14H,3-7H2,1-2H3. The summed E-state index contributed by atoms with van der Waals surface area (Å²) in [5.74, 6) is 0. The molecule has 2 atom stereocenters. The molecule has 1 N–H and O–H groups in total. The van der Waals surface area contributed by atoms with Gasteiger partial charge >= 0.3 is 0 Å². The molecule has 0 bridgehead atoms. The van der Waals surface area contributed by atoms with Crippen molar-refractivity contribution in [2.75, 3.05) is 6.61 Å². The first kappa shape index (κ1) is 12.0. The molecule has 1 aromatic heterocycles. The fourth-order valence-corrected chi connectivity index (χ4v) is 3.10. The fraction of sp³-hybridized carbons (Fsp3) is 0.750. The van der Waals surface area contributed by atoms with E-state index in [4.69, 9.17) is 4.74 Å². The SMILES string of the molecule is CCC1CC(O)(Cc2nc(C)cs2)CCO1. The van der Waals surface area contributed by atoms with E-state index in [0.717, 1.165) is 30.0 Å². The highest BCUT2D eigenvalue weighted by Crippen LogP contribution is 2.30. The van der Waals surface area contributed by atoms with Crippen LogP contribution in [0.4, 0.5) is 0 Å². The normalized spacial score (nSPS) is 30.6. The first-order chi connectivity index (χ1) is 7.61. The number of nitrogens with zero attached hydrogens (tertiary/aromatic N) is 1. The van der Waals surface area contributed by atoms with E-state index in [0.29, 0.717) is 13.0 Å². The summed E-state index contributed by atoms with van der Waals surface area (Å²) in [7, 11) is 0. The van der Waals surface area contributed by atoms with E-state index in [2.05, 4.69) is 11.9 Å². The molecular weight excluding hydrogens is 222 g/mol. The summed E-state index contributed by atoms with van der Waals surface area (Å²) >= 11 is 1.64. The molecule has 0 spiro atoms. The van der Waals surface area contributed by atoms with Gasteiger partial charge in [0.15, 0.2) is 0 Å². The second-order valence-corrected chi connectivity index (χ2v) is 5.58. The van der Waals surface area contributed by atoms with Crippen molar-refractivity contribution in [2.45, 2.75) is 51.2 Å². The van der Waals surface area contributed by atoms with Gasteiger partial charge in [-0.3, -0.25) is 0 Å². The molecule has 0 aliphatic carbocycles. The molecule has 0 amide bonds. The molecule has 1 fully saturated rings. The van der Waals surface area contributed by atoms with Crippen molar-refractivity contribution in [3.8, 4) is 0 Å². The maximum atomic E-state index is 10.5. The van der Waals surface area contributed by atoms with E-state index in [-0.39, 0.29) is 6.10 Å². The average molecular weight is 241 g/mol. The van der Waals surface area contributed by atoms with Gasteiger partial charge in [0.05, 0.1) is 16.7 Å². The van der Waals surface area contributed by atoms with Crippen molar-refractivity contribution in [2.24, 2.45) is 0 Å². The number of aryl methyl sites for hydroxylation is 1. The Morgan fingerprint density at radius 3 is 3.12 bits per heavy atom. The van der Waals surface area contributed by atoms with Crippen molar-refractivity contribution in [3.05, 3.63) is 16.1 Å². The Kier molecular flexibility index (Phi) is 3.62. The zero-order chi connectivity index (χ0) is 11.6. The summed E-state index contributed by atoms with van der Waals surface area (Å²) in [5.41, 5.74) is 0.436. The van der Waals surface area contributed by atoms with E-state index in [1.807, 2.05) is 12.3 Å². The van der Waals surface area contributed by atoms with Crippen molar-refractivity contribution < 1.29 is 9.84 Å². The summed E-state index contributed by atoms with van der Waals surface area (Å²) in [6.07, 6.45) is 3.31. The number of rotatable bonds is 3. The summed E-state index contributed by atoms with van der Waals surface area (Å²) in [6, 6.07) is 0. The molecule has 2 unspecified atom stereocenters. The first-order valence-corrected chi connectivity index (χ1v) is 6.74. The highest BCUT2D eigenvalue weighted by molar-refractivity contribution is 7.09. The molecule has 1 saturated heterocycles. The third kappa shape index (κ3) is 2.81. The van der Waals surface area contributed by atoms with Crippen LogP contribution in [0.5, 0.6) is 0 Å². The van der Waals surface area contributed by atoms with Gasteiger partial charge in [0, 0.05) is 36.9 Å². The minimum absolute atomic E-state index is 0.208. The van der Waals surface area contributed by atoms with Crippen LogP contribution in [-0.4, -0.2) is 28.4 Å². The van der Waals surface area contributed by atoms with Gasteiger partial charge in [0.2, 0.25) is 0 Å². The van der Waals surface area contributed by atoms with Crippen LogP contribution in [0.2, 0.25) is 0 Å². The van der Waals surface area contributed by atoms with Crippen molar-refractivity contribution in [3.63, 3.8) is 0 Å². The van der Waals surface area contributed by atoms with Crippen molar-refractivity contribution >= 4 is 11.3 Å².